The maximum atomic E-state index is 5.07. The first-order valence-corrected chi connectivity index (χ1v) is 9.86. The van der Waals surface area contributed by atoms with Crippen LogP contribution >= 0.6 is 0 Å². The van der Waals surface area contributed by atoms with E-state index < -0.39 is 0 Å². The van der Waals surface area contributed by atoms with Crippen molar-refractivity contribution in [3.05, 3.63) is 65.2 Å². The zero-order valence-corrected chi connectivity index (χ0v) is 17.6. The average Bonchev–Trinajstić information content (AvgIpc) is 3.05. The highest BCUT2D eigenvalue weighted by Gasteiger charge is 2.25. The van der Waals surface area contributed by atoms with Gasteiger partial charge in [0.25, 0.3) is 0 Å². The van der Waals surface area contributed by atoms with Crippen molar-refractivity contribution in [1.29, 1.82) is 0 Å². The predicted molar refractivity (Wildman–Crippen MR) is 117 cm³/mol. The van der Waals surface area contributed by atoms with Crippen molar-refractivity contribution < 1.29 is 9.57 Å². The molecule has 0 bridgehead atoms. The maximum absolute atomic E-state index is 5.07. The van der Waals surface area contributed by atoms with Gasteiger partial charge in [-0.15, -0.1) is 0 Å². The van der Waals surface area contributed by atoms with Crippen LogP contribution in [0.25, 0.3) is 17.2 Å². The second kappa shape index (κ2) is 12.9. The molecule has 0 saturated heterocycles. The van der Waals surface area contributed by atoms with Gasteiger partial charge in [-0.3, -0.25) is 0 Å². The van der Waals surface area contributed by atoms with Gasteiger partial charge in [-0.2, -0.15) is 0 Å². The van der Waals surface area contributed by atoms with Crippen LogP contribution in [0.1, 0.15) is 57.2 Å². The lowest BCUT2D eigenvalue weighted by atomic mass is 10.0. The summed E-state index contributed by atoms with van der Waals surface area (Å²) in [6.45, 7) is 8.80. The summed E-state index contributed by atoms with van der Waals surface area (Å²) < 4.78 is 5.07. The fourth-order valence-electron chi connectivity index (χ4n) is 2.92. The molecule has 2 aromatic rings. The zero-order valence-electron chi connectivity index (χ0n) is 17.6. The fraction of sp³-hybridized carbons (Fsp3) is 0.375. The van der Waals surface area contributed by atoms with E-state index in [4.69, 9.17) is 9.57 Å². The number of oxime groups is 1. The van der Waals surface area contributed by atoms with Crippen molar-refractivity contribution in [3.63, 3.8) is 0 Å². The van der Waals surface area contributed by atoms with Crippen molar-refractivity contribution in [1.82, 2.24) is 0 Å². The Kier molecular flexibility index (Phi) is 10.8. The van der Waals surface area contributed by atoms with Crippen LogP contribution in [-0.4, -0.2) is 26.5 Å². The minimum absolute atomic E-state index is 0.800. The first-order valence-electron chi connectivity index (χ1n) is 9.86. The Morgan fingerprint density at radius 3 is 2.19 bits per heavy atom. The van der Waals surface area contributed by atoms with E-state index in [1.165, 1.54) is 16.7 Å². The summed E-state index contributed by atoms with van der Waals surface area (Å²) in [5, 5.41) is 4.24. The quantitative estimate of drug-likeness (QED) is 0.365. The molecule has 0 aliphatic heterocycles. The van der Waals surface area contributed by atoms with E-state index in [0.29, 0.717) is 0 Å². The Morgan fingerprint density at radius 1 is 0.852 bits per heavy atom. The molecule has 0 saturated carbocycles. The van der Waals surface area contributed by atoms with Crippen LogP contribution < -0.4 is 0 Å². The number of nitrogens with zero attached hydrogens (tertiary/aromatic N) is 1. The van der Waals surface area contributed by atoms with Gasteiger partial charge >= 0.3 is 0 Å². The second-order valence-electron chi connectivity index (χ2n) is 5.51. The molecule has 0 amide bonds. The SMILES string of the molecule is CC.CC.COCCC/C=C/c1ccc2c(c1)/C(=N\OC)c1ccccc1-2. The van der Waals surface area contributed by atoms with E-state index in [9.17, 15) is 0 Å². The van der Waals surface area contributed by atoms with E-state index in [1.807, 2.05) is 33.8 Å². The summed E-state index contributed by atoms with van der Waals surface area (Å²) in [4.78, 5) is 5.06. The molecule has 3 heteroatoms. The van der Waals surface area contributed by atoms with Gasteiger partial charge in [0.2, 0.25) is 0 Å². The number of allylic oxidation sites excluding steroid dienone is 1. The Labute approximate surface area is 164 Å². The smallest absolute Gasteiger partial charge is 0.118 e. The van der Waals surface area contributed by atoms with Crippen LogP contribution in [-0.2, 0) is 9.57 Å². The lowest BCUT2D eigenvalue weighted by molar-refractivity contribution is 0.196. The Morgan fingerprint density at radius 2 is 1.52 bits per heavy atom. The number of rotatable bonds is 6. The van der Waals surface area contributed by atoms with E-state index in [-0.39, 0.29) is 0 Å². The standard InChI is InChI=1S/C20H21NO2.2C2H6/c1-22-13-7-3-4-8-15-11-12-17-16-9-5-6-10-18(16)20(21-23-2)19(17)14-15;2*1-2/h4-6,8-12,14H,3,7,13H2,1-2H3;2*1-2H3/b8-4+,21-20-;;. The highest BCUT2D eigenvalue weighted by atomic mass is 16.6. The fourth-order valence-corrected chi connectivity index (χ4v) is 2.92. The van der Waals surface area contributed by atoms with Gasteiger partial charge in [0.05, 0.1) is 0 Å². The molecule has 0 N–H and O–H groups in total. The number of fused-ring (bicyclic) bond motifs is 3. The molecule has 0 spiro atoms. The largest absolute Gasteiger partial charge is 0.399 e. The van der Waals surface area contributed by atoms with Crippen LogP contribution in [0.2, 0.25) is 0 Å². The van der Waals surface area contributed by atoms with Crippen molar-refractivity contribution >= 4 is 11.8 Å². The first kappa shape index (κ1) is 22.7. The number of benzene rings is 2. The Bertz CT molecular complexity index is 748. The Hall–Kier alpha value is -2.39. The molecule has 0 radical (unpaired) electrons. The van der Waals surface area contributed by atoms with Crippen molar-refractivity contribution in [2.75, 3.05) is 20.8 Å². The van der Waals surface area contributed by atoms with E-state index in [2.05, 4.69) is 53.7 Å². The lowest BCUT2D eigenvalue weighted by Gasteiger charge is -2.02. The molecule has 27 heavy (non-hydrogen) atoms. The summed E-state index contributed by atoms with van der Waals surface area (Å²) in [6.07, 6.45) is 6.41. The van der Waals surface area contributed by atoms with Crippen molar-refractivity contribution in [2.45, 2.75) is 40.5 Å². The number of methoxy groups -OCH3 is 1. The molecular formula is C24H33NO2. The molecule has 0 heterocycles. The van der Waals surface area contributed by atoms with Gasteiger partial charge in [0, 0.05) is 24.8 Å². The predicted octanol–water partition coefficient (Wildman–Crippen LogP) is 6.56. The van der Waals surface area contributed by atoms with E-state index in [0.717, 1.165) is 36.3 Å². The lowest BCUT2D eigenvalue weighted by Crippen LogP contribution is -1.99. The van der Waals surface area contributed by atoms with Crippen LogP contribution in [0.4, 0.5) is 0 Å². The van der Waals surface area contributed by atoms with Crippen LogP contribution in [0.5, 0.6) is 0 Å². The molecule has 3 nitrogen and oxygen atoms in total. The first-order chi connectivity index (χ1) is 13.3. The minimum atomic E-state index is 0.800. The topological polar surface area (TPSA) is 30.8 Å². The van der Waals surface area contributed by atoms with Gasteiger partial charge in [-0.25, -0.2) is 0 Å². The van der Waals surface area contributed by atoms with Gasteiger partial charge < -0.3 is 9.57 Å². The summed E-state index contributed by atoms with van der Waals surface area (Å²) in [7, 11) is 3.33. The van der Waals surface area contributed by atoms with E-state index in [1.54, 1.807) is 14.2 Å². The maximum Gasteiger partial charge on any atom is 0.118 e. The molecule has 2 aromatic carbocycles. The molecule has 0 fully saturated rings. The molecule has 3 rings (SSSR count). The van der Waals surface area contributed by atoms with Crippen molar-refractivity contribution in [2.24, 2.45) is 5.16 Å². The zero-order chi connectivity index (χ0) is 20.1. The van der Waals surface area contributed by atoms with E-state index >= 15 is 0 Å². The van der Waals surface area contributed by atoms with Crippen molar-refractivity contribution in [3.8, 4) is 11.1 Å². The van der Waals surface area contributed by atoms with Crippen LogP contribution in [0, 0.1) is 0 Å². The number of ether oxygens (including phenoxy) is 1. The van der Waals surface area contributed by atoms with Gasteiger partial charge in [-0.05, 0) is 35.6 Å². The molecule has 0 aromatic heterocycles. The second-order valence-corrected chi connectivity index (χ2v) is 5.51. The molecule has 146 valence electrons. The van der Waals surface area contributed by atoms with Crippen LogP contribution in [0.15, 0.2) is 53.7 Å². The average molecular weight is 368 g/mol. The number of hydrogen-bond acceptors (Lipinski definition) is 3. The third-order valence-electron chi connectivity index (χ3n) is 3.98. The number of unbranched alkanes of at least 4 members (excludes halogenated alkanes) is 1. The molecule has 0 unspecified atom stereocenters. The van der Waals surface area contributed by atoms with Gasteiger partial charge in [-0.1, -0.05) is 81.4 Å². The van der Waals surface area contributed by atoms with Crippen LogP contribution in [0.3, 0.4) is 0 Å². The third-order valence-corrected chi connectivity index (χ3v) is 3.98. The molecule has 1 aliphatic rings. The summed E-state index contributed by atoms with van der Waals surface area (Å²) in [5.74, 6) is 0. The molecule has 1 aliphatic carbocycles. The molecule has 0 atom stereocenters. The van der Waals surface area contributed by atoms with Gasteiger partial charge in [0.15, 0.2) is 0 Å². The van der Waals surface area contributed by atoms with Gasteiger partial charge in [0.1, 0.15) is 12.8 Å². The third kappa shape index (κ3) is 5.80. The monoisotopic (exact) mass is 367 g/mol. The highest BCUT2D eigenvalue weighted by Crippen LogP contribution is 2.37. The molecular weight excluding hydrogens is 334 g/mol. The summed E-state index contributed by atoms with van der Waals surface area (Å²) in [5.41, 5.74) is 6.78. The normalized spacial score (nSPS) is 12.6. The highest BCUT2D eigenvalue weighted by molar-refractivity contribution is 6.24. The number of hydrogen-bond donors (Lipinski definition) is 0. The minimum Gasteiger partial charge on any atom is -0.399 e. The summed E-state index contributed by atoms with van der Waals surface area (Å²) in [6, 6.07) is 14.8. The summed E-state index contributed by atoms with van der Waals surface area (Å²) >= 11 is 0. The Balaban J connectivity index is 0.000000855.